The lowest BCUT2D eigenvalue weighted by Gasteiger charge is -2.22. The normalized spacial score (nSPS) is 16.5. The fourth-order valence-electron chi connectivity index (χ4n) is 3.41. The van der Waals surface area contributed by atoms with E-state index in [0.29, 0.717) is 35.3 Å². The first kappa shape index (κ1) is 17.1. The van der Waals surface area contributed by atoms with Crippen molar-refractivity contribution in [1.82, 2.24) is 25.0 Å². The maximum absolute atomic E-state index is 13.2. The third-order valence-corrected chi connectivity index (χ3v) is 4.66. The SMILES string of the molecule is CNc1nccnc1-c1cccc(C(=O)N2CCCC2c2nc(C)no2)c1. The quantitative estimate of drug-likeness (QED) is 0.760. The molecule has 2 aromatic heterocycles. The van der Waals surface area contributed by atoms with Crippen LogP contribution in [0.3, 0.4) is 0 Å². The maximum Gasteiger partial charge on any atom is 0.254 e. The number of benzene rings is 1. The number of nitrogens with zero attached hydrogens (tertiary/aromatic N) is 5. The van der Waals surface area contributed by atoms with Crippen LogP contribution in [-0.4, -0.2) is 44.5 Å². The van der Waals surface area contributed by atoms with E-state index in [9.17, 15) is 4.79 Å². The summed E-state index contributed by atoms with van der Waals surface area (Å²) < 4.78 is 5.31. The number of aromatic nitrogens is 4. The summed E-state index contributed by atoms with van der Waals surface area (Å²) in [5.41, 5.74) is 2.14. The molecule has 8 nitrogen and oxygen atoms in total. The molecule has 1 aliphatic heterocycles. The number of nitrogens with one attached hydrogen (secondary N) is 1. The molecule has 1 fully saturated rings. The van der Waals surface area contributed by atoms with Crippen molar-refractivity contribution in [2.75, 3.05) is 18.9 Å². The van der Waals surface area contributed by atoms with Crippen molar-refractivity contribution < 1.29 is 9.32 Å². The van der Waals surface area contributed by atoms with Crippen molar-refractivity contribution in [3.8, 4) is 11.3 Å². The number of anilines is 1. The minimum atomic E-state index is -0.174. The first-order chi connectivity index (χ1) is 13.2. The zero-order chi connectivity index (χ0) is 18.8. The summed E-state index contributed by atoms with van der Waals surface area (Å²) >= 11 is 0. The fraction of sp³-hybridized carbons (Fsp3) is 0.316. The highest BCUT2D eigenvalue weighted by atomic mass is 16.5. The van der Waals surface area contributed by atoms with Gasteiger partial charge in [0.1, 0.15) is 11.7 Å². The molecule has 1 aromatic carbocycles. The molecule has 1 N–H and O–H groups in total. The highest BCUT2D eigenvalue weighted by Gasteiger charge is 2.34. The molecule has 27 heavy (non-hydrogen) atoms. The Hall–Kier alpha value is -3.29. The summed E-state index contributed by atoms with van der Waals surface area (Å²) in [6.45, 7) is 2.44. The van der Waals surface area contributed by atoms with E-state index in [4.69, 9.17) is 4.52 Å². The third kappa shape index (κ3) is 3.25. The molecule has 1 saturated heterocycles. The van der Waals surface area contributed by atoms with E-state index < -0.39 is 0 Å². The zero-order valence-corrected chi connectivity index (χ0v) is 15.2. The number of hydrogen-bond acceptors (Lipinski definition) is 7. The van der Waals surface area contributed by atoms with Crippen LogP contribution in [0.4, 0.5) is 5.82 Å². The zero-order valence-electron chi connectivity index (χ0n) is 15.2. The van der Waals surface area contributed by atoms with E-state index in [1.165, 1.54) is 0 Å². The molecule has 0 spiro atoms. The van der Waals surface area contributed by atoms with Crippen LogP contribution in [0, 0.1) is 6.92 Å². The highest BCUT2D eigenvalue weighted by molar-refractivity contribution is 5.96. The summed E-state index contributed by atoms with van der Waals surface area (Å²) in [5.74, 6) is 1.70. The summed E-state index contributed by atoms with van der Waals surface area (Å²) in [6.07, 6.45) is 5.00. The van der Waals surface area contributed by atoms with Gasteiger partial charge in [-0.2, -0.15) is 4.98 Å². The lowest BCUT2D eigenvalue weighted by atomic mass is 10.1. The lowest BCUT2D eigenvalue weighted by Crippen LogP contribution is -2.30. The molecule has 1 unspecified atom stereocenters. The smallest absolute Gasteiger partial charge is 0.254 e. The van der Waals surface area contributed by atoms with E-state index in [2.05, 4.69) is 25.4 Å². The molecule has 1 atom stereocenters. The minimum Gasteiger partial charge on any atom is -0.371 e. The summed E-state index contributed by atoms with van der Waals surface area (Å²) in [5, 5.41) is 6.89. The fourth-order valence-corrected chi connectivity index (χ4v) is 3.41. The molecule has 0 aliphatic carbocycles. The molecule has 3 heterocycles. The van der Waals surface area contributed by atoms with Gasteiger partial charge in [0.25, 0.3) is 5.91 Å². The number of aryl methyl sites for hydroxylation is 1. The Morgan fingerprint density at radius 2 is 2.15 bits per heavy atom. The predicted molar refractivity (Wildman–Crippen MR) is 99.1 cm³/mol. The van der Waals surface area contributed by atoms with E-state index in [-0.39, 0.29) is 11.9 Å². The number of amides is 1. The van der Waals surface area contributed by atoms with Gasteiger partial charge in [-0.25, -0.2) is 4.98 Å². The molecule has 3 aromatic rings. The van der Waals surface area contributed by atoms with Gasteiger partial charge in [0.15, 0.2) is 11.6 Å². The topological polar surface area (TPSA) is 97.0 Å². The Kier molecular flexibility index (Phi) is 4.53. The molecule has 4 rings (SSSR count). The van der Waals surface area contributed by atoms with Crippen LogP contribution in [0.2, 0.25) is 0 Å². The standard InChI is InChI=1S/C19H20N6O2/c1-12-23-18(27-24-12)15-7-4-10-25(15)19(26)14-6-3-5-13(11-14)16-17(20-2)22-9-8-21-16/h3,5-6,8-9,11,15H,4,7,10H2,1-2H3,(H,20,22). The van der Waals surface area contributed by atoms with Crippen molar-refractivity contribution in [2.45, 2.75) is 25.8 Å². The average molecular weight is 364 g/mol. The number of likely N-dealkylation sites (tertiary alicyclic amines) is 1. The number of carbonyl (C=O) groups excluding carboxylic acids is 1. The Morgan fingerprint density at radius 1 is 1.30 bits per heavy atom. The summed E-state index contributed by atoms with van der Waals surface area (Å²) in [6, 6.07) is 7.27. The van der Waals surface area contributed by atoms with Gasteiger partial charge < -0.3 is 14.7 Å². The van der Waals surface area contributed by atoms with Crippen LogP contribution < -0.4 is 5.32 Å². The Labute approximate surface area is 156 Å². The van der Waals surface area contributed by atoms with Crippen LogP contribution >= 0.6 is 0 Å². The molecule has 1 amide bonds. The molecule has 138 valence electrons. The number of hydrogen-bond donors (Lipinski definition) is 1. The van der Waals surface area contributed by atoms with Crippen LogP contribution in [0.15, 0.2) is 41.2 Å². The van der Waals surface area contributed by atoms with E-state index in [1.54, 1.807) is 26.4 Å². The van der Waals surface area contributed by atoms with Gasteiger partial charge >= 0.3 is 0 Å². The van der Waals surface area contributed by atoms with Crippen LogP contribution in [0.5, 0.6) is 0 Å². The van der Waals surface area contributed by atoms with Crippen molar-refractivity contribution in [3.05, 3.63) is 53.9 Å². The van der Waals surface area contributed by atoms with Gasteiger partial charge in [0.05, 0.1) is 0 Å². The Morgan fingerprint density at radius 3 is 2.93 bits per heavy atom. The monoisotopic (exact) mass is 364 g/mol. The van der Waals surface area contributed by atoms with E-state index >= 15 is 0 Å². The largest absolute Gasteiger partial charge is 0.371 e. The second-order valence-corrected chi connectivity index (χ2v) is 6.42. The Balaban J connectivity index is 1.64. The number of rotatable bonds is 4. The molecule has 0 saturated carbocycles. The van der Waals surface area contributed by atoms with E-state index in [0.717, 1.165) is 18.4 Å². The Bertz CT molecular complexity index is 970. The van der Waals surface area contributed by atoms with Gasteiger partial charge in [0, 0.05) is 37.1 Å². The maximum atomic E-state index is 13.2. The molecule has 1 aliphatic rings. The number of carbonyl (C=O) groups is 1. The predicted octanol–water partition coefficient (Wildman–Crippen LogP) is 2.85. The van der Waals surface area contributed by atoms with Crippen LogP contribution in [0.1, 0.15) is 41.0 Å². The van der Waals surface area contributed by atoms with Crippen molar-refractivity contribution in [2.24, 2.45) is 0 Å². The van der Waals surface area contributed by atoms with Crippen molar-refractivity contribution in [1.29, 1.82) is 0 Å². The second-order valence-electron chi connectivity index (χ2n) is 6.42. The second kappa shape index (κ2) is 7.14. The average Bonchev–Trinajstić information content (AvgIpc) is 3.36. The van der Waals surface area contributed by atoms with Crippen molar-refractivity contribution in [3.63, 3.8) is 0 Å². The molecule has 8 heteroatoms. The molecule has 0 bridgehead atoms. The third-order valence-electron chi connectivity index (χ3n) is 4.66. The summed E-state index contributed by atoms with van der Waals surface area (Å²) in [7, 11) is 1.80. The first-order valence-electron chi connectivity index (χ1n) is 8.87. The first-order valence-corrected chi connectivity index (χ1v) is 8.87. The lowest BCUT2D eigenvalue weighted by molar-refractivity contribution is 0.0710. The minimum absolute atomic E-state index is 0.0508. The van der Waals surface area contributed by atoms with Gasteiger partial charge in [-0.1, -0.05) is 17.3 Å². The van der Waals surface area contributed by atoms with Gasteiger partial charge in [-0.3, -0.25) is 9.78 Å². The van der Waals surface area contributed by atoms with Crippen molar-refractivity contribution >= 4 is 11.7 Å². The van der Waals surface area contributed by atoms with Crippen LogP contribution in [0.25, 0.3) is 11.3 Å². The molecule has 0 radical (unpaired) electrons. The van der Waals surface area contributed by atoms with E-state index in [1.807, 2.05) is 29.2 Å². The summed E-state index contributed by atoms with van der Waals surface area (Å²) in [4.78, 5) is 28.0. The highest BCUT2D eigenvalue weighted by Crippen LogP contribution is 2.33. The van der Waals surface area contributed by atoms with Gasteiger partial charge in [0.2, 0.25) is 5.89 Å². The van der Waals surface area contributed by atoms with Crippen LogP contribution in [-0.2, 0) is 0 Å². The molecular formula is C19H20N6O2. The van der Waals surface area contributed by atoms with Gasteiger partial charge in [-0.05, 0) is 31.9 Å². The molecular weight excluding hydrogens is 344 g/mol. The van der Waals surface area contributed by atoms with Gasteiger partial charge in [-0.15, -0.1) is 0 Å².